The molecule has 1 aromatic rings. The van der Waals surface area contributed by atoms with Gasteiger partial charge in [-0.1, -0.05) is 36.2 Å². The van der Waals surface area contributed by atoms with E-state index in [1.54, 1.807) is 24.3 Å². The van der Waals surface area contributed by atoms with Crippen LogP contribution in [0.1, 0.15) is 43.0 Å². The Kier molecular flexibility index (Phi) is 5.50. The summed E-state index contributed by atoms with van der Waals surface area (Å²) in [6.45, 7) is 3.20. The van der Waals surface area contributed by atoms with E-state index < -0.39 is 0 Å². The van der Waals surface area contributed by atoms with E-state index in [0.717, 1.165) is 13.0 Å². The van der Waals surface area contributed by atoms with Gasteiger partial charge >= 0.3 is 0 Å². The first-order chi connectivity index (χ1) is 9.63. The zero-order valence-electron chi connectivity index (χ0n) is 11.6. The lowest BCUT2D eigenvalue weighted by molar-refractivity contribution is 0.104. The number of rotatable bonds is 4. The van der Waals surface area contributed by atoms with Gasteiger partial charge in [0.25, 0.3) is 0 Å². The number of nitrogens with zero attached hydrogens (tertiary/aromatic N) is 1. The summed E-state index contributed by atoms with van der Waals surface area (Å²) < 4.78 is 0. The molecule has 0 saturated carbocycles. The van der Waals surface area contributed by atoms with E-state index in [0.29, 0.717) is 21.7 Å². The van der Waals surface area contributed by atoms with Gasteiger partial charge in [-0.05, 0) is 37.8 Å². The van der Waals surface area contributed by atoms with Gasteiger partial charge < -0.3 is 4.90 Å². The van der Waals surface area contributed by atoms with E-state index in [1.807, 2.05) is 6.20 Å². The molecule has 0 radical (unpaired) electrons. The molecule has 0 N–H and O–H groups in total. The number of carbonyl (C=O) groups excluding carboxylic acids is 1. The molecule has 2 nitrogen and oxygen atoms in total. The van der Waals surface area contributed by atoms with Crippen LogP contribution in [0.15, 0.2) is 30.5 Å². The van der Waals surface area contributed by atoms with E-state index in [4.69, 9.17) is 23.2 Å². The van der Waals surface area contributed by atoms with Crippen LogP contribution in [0.3, 0.4) is 0 Å². The molecule has 0 bridgehead atoms. The second-order valence-corrected chi connectivity index (χ2v) is 5.89. The molecule has 0 amide bonds. The van der Waals surface area contributed by atoms with Crippen LogP contribution in [-0.2, 0) is 0 Å². The second-order valence-electron chi connectivity index (χ2n) is 5.07. The van der Waals surface area contributed by atoms with E-state index in [-0.39, 0.29) is 5.78 Å². The molecule has 1 unspecified atom stereocenters. The Morgan fingerprint density at radius 3 is 2.70 bits per heavy atom. The third-order valence-corrected chi connectivity index (χ3v) is 4.40. The Labute approximate surface area is 130 Å². The highest BCUT2D eigenvalue weighted by Gasteiger charge is 2.18. The first-order valence-corrected chi connectivity index (χ1v) is 7.81. The molecule has 20 heavy (non-hydrogen) atoms. The lowest BCUT2D eigenvalue weighted by Crippen LogP contribution is -2.34. The Hall–Kier alpha value is -0.990. The Morgan fingerprint density at radius 1 is 1.35 bits per heavy atom. The minimum atomic E-state index is -0.138. The topological polar surface area (TPSA) is 20.3 Å². The van der Waals surface area contributed by atoms with Crippen molar-refractivity contribution in [1.29, 1.82) is 0 Å². The van der Waals surface area contributed by atoms with E-state index >= 15 is 0 Å². The molecule has 0 aliphatic carbocycles. The molecular formula is C16H19Cl2NO. The molecule has 1 atom stereocenters. The van der Waals surface area contributed by atoms with Gasteiger partial charge in [-0.15, -0.1) is 0 Å². The summed E-state index contributed by atoms with van der Waals surface area (Å²) in [5.41, 5.74) is 0.386. The predicted octanol–water partition coefficient (Wildman–Crippen LogP) is 4.95. The van der Waals surface area contributed by atoms with Crippen molar-refractivity contribution in [1.82, 2.24) is 4.90 Å². The Morgan fingerprint density at radius 2 is 2.05 bits per heavy atom. The Balaban J connectivity index is 2.12. The number of ketones is 1. The molecule has 2 rings (SSSR count). The van der Waals surface area contributed by atoms with E-state index in [9.17, 15) is 4.79 Å². The van der Waals surface area contributed by atoms with Crippen molar-refractivity contribution in [3.05, 3.63) is 46.1 Å². The summed E-state index contributed by atoms with van der Waals surface area (Å²) in [6, 6.07) is 5.65. The van der Waals surface area contributed by atoms with E-state index in [2.05, 4.69) is 11.8 Å². The first-order valence-electron chi connectivity index (χ1n) is 7.05. The number of carbonyl (C=O) groups is 1. The monoisotopic (exact) mass is 311 g/mol. The number of halogens is 2. The van der Waals surface area contributed by atoms with Crippen LogP contribution in [0.2, 0.25) is 10.0 Å². The van der Waals surface area contributed by atoms with Crippen LogP contribution in [0, 0.1) is 0 Å². The summed E-state index contributed by atoms with van der Waals surface area (Å²) in [7, 11) is 0. The minimum Gasteiger partial charge on any atom is -0.374 e. The van der Waals surface area contributed by atoms with Gasteiger partial charge in [0.15, 0.2) is 5.78 Å². The van der Waals surface area contributed by atoms with Crippen LogP contribution in [0.4, 0.5) is 0 Å². The molecule has 0 spiro atoms. The molecule has 108 valence electrons. The van der Waals surface area contributed by atoms with Gasteiger partial charge in [-0.25, -0.2) is 0 Å². The van der Waals surface area contributed by atoms with Crippen LogP contribution in [0.25, 0.3) is 0 Å². The maximum absolute atomic E-state index is 12.2. The van der Waals surface area contributed by atoms with Gasteiger partial charge in [0.1, 0.15) is 0 Å². The van der Waals surface area contributed by atoms with Crippen LogP contribution < -0.4 is 0 Å². The molecule has 0 aromatic heterocycles. The average Bonchev–Trinajstić information content (AvgIpc) is 2.45. The smallest absolute Gasteiger partial charge is 0.190 e. The van der Waals surface area contributed by atoms with Crippen molar-refractivity contribution in [3.63, 3.8) is 0 Å². The second kappa shape index (κ2) is 7.14. The van der Waals surface area contributed by atoms with Gasteiger partial charge in [-0.3, -0.25) is 4.79 Å². The van der Waals surface area contributed by atoms with Crippen molar-refractivity contribution in [2.24, 2.45) is 0 Å². The molecule has 1 aliphatic heterocycles. The summed E-state index contributed by atoms with van der Waals surface area (Å²) in [5.74, 6) is -0.138. The number of piperidine rings is 1. The Bertz CT molecular complexity index is 493. The number of allylic oxidation sites excluding steroid dienone is 1. The van der Waals surface area contributed by atoms with Crippen molar-refractivity contribution in [2.75, 3.05) is 6.54 Å². The zero-order chi connectivity index (χ0) is 14.5. The third-order valence-electron chi connectivity index (χ3n) is 3.77. The SMILES string of the molecule is CCC1CCCCN1C=CC(=O)c1c(Cl)cccc1Cl. The van der Waals surface area contributed by atoms with Gasteiger partial charge in [0.05, 0.1) is 15.6 Å². The summed E-state index contributed by atoms with van der Waals surface area (Å²) >= 11 is 12.1. The van der Waals surface area contributed by atoms with Crippen LogP contribution >= 0.6 is 23.2 Å². The standard InChI is InChI=1S/C16H19Cl2NO/c1-2-12-6-3-4-10-19(12)11-9-15(20)16-13(17)7-5-8-14(16)18/h5,7-9,11-12H,2-4,6,10H2,1H3. The zero-order valence-corrected chi connectivity index (χ0v) is 13.1. The van der Waals surface area contributed by atoms with Crippen molar-refractivity contribution >= 4 is 29.0 Å². The van der Waals surface area contributed by atoms with Crippen molar-refractivity contribution in [3.8, 4) is 0 Å². The van der Waals surface area contributed by atoms with Gasteiger partial charge in [-0.2, -0.15) is 0 Å². The third kappa shape index (κ3) is 3.56. The molecule has 1 fully saturated rings. The van der Waals surface area contributed by atoms with E-state index in [1.165, 1.54) is 19.3 Å². The fourth-order valence-electron chi connectivity index (χ4n) is 2.64. The molecule has 1 aromatic carbocycles. The van der Waals surface area contributed by atoms with Gasteiger partial charge in [0.2, 0.25) is 0 Å². The van der Waals surface area contributed by atoms with Crippen molar-refractivity contribution < 1.29 is 4.79 Å². The normalized spacial score (nSPS) is 19.6. The fraction of sp³-hybridized carbons (Fsp3) is 0.438. The number of hydrogen-bond donors (Lipinski definition) is 0. The molecule has 1 aliphatic rings. The predicted molar refractivity (Wildman–Crippen MR) is 84.6 cm³/mol. The molecule has 4 heteroatoms. The van der Waals surface area contributed by atoms with Crippen molar-refractivity contribution in [2.45, 2.75) is 38.6 Å². The number of hydrogen-bond acceptors (Lipinski definition) is 2. The summed E-state index contributed by atoms with van der Waals surface area (Å²) in [4.78, 5) is 14.5. The quantitative estimate of drug-likeness (QED) is 0.579. The lowest BCUT2D eigenvalue weighted by atomic mass is 10.0. The highest BCUT2D eigenvalue weighted by atomic mass is 35.5. The molecule has 1 heterocycles. The average molecular weight is 312 g/mol. The maximum atomic E-state index is 12.2. The molecule has 1 saturated heterocycles. The summed E-state index contributed by atoms with van der Waals surface area (Å²) in [6.07, 6.45) is 8.23. The first kappa shape index (κ1) is 15.4. The number of likely N-dealkylation sites (tertiary alicyclic amines) is 1. The maximum Gasteiger partial charge on any atom is 0.190 e. The largest absolute Gasteiger partial charge is 0.374 e. The fourth-order valence-corrected chi connectivity index (χ4v) is 3.22. The van der Waals surface area contributed by atoms with Crippen LogP contribution in [-0.4, -0.2) is 23.3 Å². The van der Waals surface area contributed by atoms with Crippen LogP contribution in [0.5, 0.6) is 0 Å². The number of benzene rings is 1. The van der Waals surface area contributed by atoms with Gasteiger partial charge in [0, 0.05) is 24.9 Å². The highest BCUT2D eigenvalue weighted by Crippen LogP contribution is 2.25. The lowest BCUT2D eigenvalue weighted by Gasteiger charge is -2.34. The minimum absolute atomic E-state index is 0.138. The summed E-state index contributed by atoms with van der Waals surface area (Å²) in [5, 5.41) is 0.802. The molecular weight excluding hydrogens is 293 g/mol. The highest BCUT2D eigenvalue weighted by molar-refractivity contribution is 6.40.